The molecule has 81 valence electrons. The predicted octanol–water partition coefficient (Wildman–Crippen LogP) is 2.20. The molecule has 15 heavy (non-hydrogen) atoms. The fourth-order valence-corrected chi connectivity index (χ4v) is 3.38. The van der Waals surface area contributed by atoms with Crippen LogP contribution in [0.25, 0.3) is 0 Å². The topological polar surface area (TPSA) is 55.0 Å². The van der Waals surface area contributed by atoms with Crippen molar-refractivity contribution < 1.29 is 4.79 Å². The number of amides is 1. The van der Waals surface area contributed by atoms with Crippen LogP contribution in [0.2, 0.25) is 0 Å². The van der Waals surface area contributed by atoms with E-state index in [0.29, 0.717) is 5.92 Å². The van der Waals surface area contributed by atoms with E-state index in [9.17, 15) is 4.79 Å². The second-order valence-corrected chi connectivity index (χ2v) is 4.80. The van der Waals surface area contributed by atoms with E-state index in [1.807, 2.05) is 0 Å². The average Bonchev–Trinajstić information content (AvgIpc) is 2.28. The third-order valence-corrected chi connectivity index (χ3v) is 4.05. The number of hydrogen-bond donors (Lipinski definition) is 0. The van der Waals surface area contributed by atoms with Crippen molar-refractivity contribution in [3.05, 3.63) is 0 Å². The molecule has 3 nitrogen and oxygen atoms in total. The first-order valence-electron chi connectivity index (χ1n) is 5.96. The van der Waals surface area contributed by atoms with E-state index in [4.69, 9.17) is 5.26 Å². The molecule has 0 bridgehead atoms. The fourth-order valence-electron chi connectivity index (χ4n) is 3.38. The van der Waals surface area contributed by atoms with Crippen molar-refractivity contribution >= 4 is 5.91 Å². The summed E-state index contributed by atoms with van der Waals surface area (Å²) in [6, 6.07) is 0. The van der Waals surface area contributed by atoms with E-state index >= 15 is 0 Å². The molecule has 3 atom stereocenters. The highest BCUT2D eigenvalue weighted by Gasteiger charge is 2.38. The Kier molecular flexibility index (Phi) is 3.25. The Morgan fingerprint density at radius 2 is 1.87 bits per heavy atom. The molecule has 0 saturated heterocycles. The molecule has 0 aromatic rings. The van der Waals surface area contributed by atoms with Gasteiger partial charge in [-0.1, -0.05) is 32.1 Å². The molecule has 2 aliphatic carbocycles. The van der Waals surface area contributed by atoms with Crippen LogP contribution in [-0.2, 0) is 4.79 Å². The van der Waals surface area contributed by atoms with Crippen molar-refractivity contribution in [2.24, 2.45) is 17.8 Å². The molecule has 0 heterocycles. The lowest BCUT2D eigenvalue weighted by molar-refractivity contribution is -0.128. The van der Waals surface area contributed by atoms with Crippen molar-refractivity contribution in [1.82, 2.24) is 5.32 Å². The summed E-state index contributed by atoms with van der Waals surface area (Å²) < 4.78 is 0. The van der Waals surface area contributed by atoms with Gasteiger partial charge in [0.2, 0.25) is 6.19 Å². The Morgan fingerprint density at radius 3 is 2.67 bits per heavy atom. The van der Waals surface area contributed by atoms with Crippen LogP contribution in [0.1, 0.15) is 44.9 Å². The minimum Gasteiger partial charge on any atom is -0.271 e. The summed E-state index contributed by atoms with van der Waals surface area (Å²) >= 11 is 0. The molecule has 0 N–H and O–H groups in total. The lowest BCUT2D eigenvalue weighted by atomic mass is 9.65. The largest absolute Gasteiger partial charge is 0.271 e. The number of nitrogens with zero attached hydrogens (tertiary/aromatic N) is 2. The third kappa shape index (κ3) is 2.14. The summed E-state index contributed by atoms with van der Waals surface area (Å²) in [5.41, 5.74) is 0. The molecular formula is C12H17N2O. The number of carbonyl (C=O) groups excluding carboxylic acids is 1. The Balaban J connectivity index is 2.03. The van der Waals surface area contributed by atoms with E-state index in [1.165, 1.54) is 32.1 Å². The molecule has 0 aromatic heterocycles. The summed E-state index contributed by atoms with van der Waals surface area (Å²) in [5, 5.41) is 11.8. The maximum atomic E-state index is 11.7. The van der Waals surface area contributed by atoms with Gasteiger partial charge in [0.15, 0.2) is 0 Å². The van der Waals surface area contributed by atoms with Gasteiger partial charge in [-0.25, -0.2) is 0 Å². The molecule has 0 aliphatic heterocycles. The molecule has 1 amide bonds. The van der Waals surface area contributed by atoms with Crippen molar-refractivity contribution in [3.63, 3.8) is 0 Å². The smallest absolute Gasteiger partial charge is 0.259 e. The molecule has 1 radical (unpaired) electrons. The molecule has 2 fully saturated rings. The van der Waals surface area contributed by atoms with Gasteiger partial charge in [-0.3, -0.25) is 4.79 Å². The van der Waals surface area contributed by atoms with Crippen LogP contribution in [0.4, 0.5) is 0 Å². The minimum atomic E-state index is -0.158. The molecule has 2 rings (SSSR count). The van der Waals surface area contributed by atoms with Gasteiger partial charge in [0.1, 0.15) is 0 Å². The first-order valence-corrected chi connectivity index (χ1v) is 5.96. The SMILES string of the molecule is N#C[N]C(=O)C1CCCC2CCCCC21. The lowest BCUT2D eigenvalue weighted by Gasteiger charge is -2.39. The summed E-state index contributed by atoms with van der Waals surface area (Å²) in [6.45, 7) is 0. The number of fused-ring (bicyclic) bond motifs is 1. The Labute approximate surface area is 90.8 Å². The van der Waals surface area contributed by atoms with Gasteiger partial charge in [0.05, 0.1) is 0 Å². The summed E-state index contributed by atoms with van der Waals surface area (Å²) in [4.78, 5) is 11.7. The quantitative estimate of drug-likeness (QED) is 0.616. The van der Waals surface area contributed by atoms with E-state index in [0.717, 1.165) is 18.8 Å². The van der Waals surface area contributed by atoms with Crippen molar-refractivity contribution in [3.8, 4) is 6.19 Å². The van der Waals surface area contributed by atoms with E-state index in [1.54, 1.807) is 6.19 Å². The van der Waals surface area contributed by atoms with Crippen LogP contribution in [0, 0.1) is 29.2 Å². The summed E-state index contributed by atoms with van der Waals surface area (Å²) in [6.07, 6.45) is 10.0. The van der Waals surface area contributed by atoms with Crippen LogP contribution >= 0.6 is 0 Å². The number of nitriles is 1. The van der Waals surface area contributed by atoms with E-state index in [2.05, 4.69) is 5.32 Å². The molecule has 3 unspecified atom stereocenters. The minimum absolute atomic E-state index is 0.0590. The first-order chi connectivity index (χ1) is 7.33. The van der Waals surface area contributed by atoms with Gasteiger partial charge in [0.25, 0.3) is 5.91 Å². The standard InChI is InChI=1S/C12H17N2O/c13-8-14-12(15)11-7-3-5-9-4-1-2-6-10(9)11/h9-11H,1-7H2. The monoisotopic (exact) mass is 205 g/mol. The van der Waals surface area contributed by atoms with Gasteiger partial charge in [-0.2, -0.15) is 5.26 Å². The Morgan fingerprint density at radius 1 is 1.13 bits per heavy atom. The maximum absolute atomic E-state index is 11.7. The molecule has 0 spiro atoms. The normalized spacial score (nSPS) is 35.0. The highest BCUT2D eigenvalue weighted by atomic mass is 16.1. The van der Waals surface area contributed by atoms with Crippen molar-refractivity contribution in [1.29, 1.82) is 5.26 Å². The highest BCUT2D eigenvalue weighted by molar-refractivity contribution is 5.80. The van der Waals surface area contributed by atoms with Gasteiger partial charge in [-0.05, 0) is 24.7 Å². The molecule has 3 heteroatoms. The van der Waals surface area contributed by atoms with Gasteiger partial charge in [0, 0.05) is 5.92 Å². The molecule has 2 aliphatic rings. The van der Waals surface area contributed by atoms with Crippen LogP contribution in [0.15, 0.2) is 0 Å². The summed E-state index contributed by atoms with van der Waals surface area (Å²) in [5.74, 6) is 1.16. The van der Waals surface area contributed by atoms with Crippen molar-refractivity contribution in [2.45, 2.75) is 44.9 Å². The second-order valence-electron chi connectivity index (χ2n) is 4.80. The molecular weight excluding hydrogens is 188 g/mol. The zero-order chi connectivity index (χ0) is 10.7. The Bertz CT molecular complexity index is 280. The zero-order valence-corrected chi connectivity index (χ0v) is 8.98. The van der Waals surface area contributed by atoms with Gasteiger partial charge >= 0.3 is 0 Å². The second kappa shape index (κ2) is 4.65. The predicted molar refractivity (Wildman–Crippen MR) is 55.5 cm³/mol. The third-order valence-electron chi connectivity index (χ3n) is 4.05. The van der Waals surface area contributed by atoms with Gasteiger partial charge < -0.3 is 0 Å². The van der Waals surface area contributed by atoms with Crippen LogP contribution in [0.3, 0.4) is 0 Å². The van der Waals surface area contributed by atoms with E-state index < -0.39 is 0 Å². The molecule has 0 aromatic carbocycles. The zero-order valence-electron chi connectivity index (χ0n) is 8.98. The van der Waals surface area contributed by atoms with Gasteiger partial charge in [-0.15, -0.1) is 5.32 Å². The summed E-state index contributed by atoms with van der Waals surface area (Å²) in [7, 11) is 0. The first kappa shape index (κ1) is 10.5. The average molecular weight is 205 g/mol. The van der Waals surface area contributed by atoms with Crippen molar-refractivity contribution in [2.75, 3.05) is 0 Å². The van der Waals surface area contributed by atoms with Crippen LogP contribution in [-0.4, -0.2) is 5.91 Å². The Hall–Kier alpha value is -1.04. The number of hydrogen-bond acceptors (Lipinski definition) is 2. The molecule has 2 saturated carbocycles. The fraction of sp³-hybridized carbons (Fsp3) is 0.833. The maximum Gasteiger partial charge on any atom is 0.259 e. The van der Waals surface area contributed by atoms with Crippen LogP contribution < -0.4 is 5.32 Å². The van der Waals surface area contributed by atoms with Crippen LogP contribution in [0.5, 0.6) is 0 Å². The lowest BCUT2D eigenvalue weighted by Crippen LogP contribution is -2.37. The number of carbonyl (C=O) groups is 1. The van der Waals surface area contributed by atoms with E-state index in [-0.39, 0.29) is 11.8 Å². The highest BCUT2D eigenvalue weighted by Crippen LogP contribution is 2.43. The number of rotatable bonds is 1.